The molecule has 4 aromatic carbocycles. The molecule has 1 aromatic heterocycles. The molecule has 0 aliphatic heterocycles. The molecule has 0 amide bonds. The molecular formula is C29H23NO5. The van der Waals surface area contributed by atoms with Crippen molar-refractivity contribution in [3.05, 3.63) is 102 Å². The largest absolute Gasteiger partial charge is 0.493 e. The maximum atomic E-state index is 12.0. The van der Waals surface area contributed by atoms with Gasteiger partial charge >= 0.3 is 11.9 Å². The maximum absolute atomic E-state index is 12.0. The first-order valence-electron chi connectivity index (χ1n) is 11.3. The minimum absolute atomic E-state index is 0.145. The summed E-state index contributed by atoms with van der Waals surface area (Å²) in [4.78, 5) is 26.5. The van der Waals surface area contributed by atoms with Gasteiger partial charge in [0.05, 0.1) is 17.7 Å². The fraction of sp³-hybridized carbons (Fsp3) is 0.103. The number of carbonyl (C=O) groups is 2. The molecule has 6 heteroatoms. The molecule has 0 atom stereocenters. The molecule has 0 saturated carbocycles. The topological polar surface area (TPSA) is 99.6 Å². The van der Waals surface area contributed by atoms with E-state index < -0.39 is 11.9 Å². The van der Waals surface area contributed by atoms with Crippen molar-refractivity contribution >= 4 is 33.6 Å². The predicted molar refractivity (Wildman–Crippen MR) is 135 cm³/mol. The summed E-state index contributed by atoms with van der Waals surface area (Å²) in [7, 11) is 0. The van der Waals surface area contributed by atoms with Crippen molar-refractivity contribution in [2.75, 3.05) is 6.61 Å². The minimum atomic E-state index is -1.03. The van der Waals surface area contributed by atoms with Gasteiger partial charge in [-0.1, -0.05) is 66.7 Å². The average Bonchev–Trinajstić information content (AvgIpc) is 3.26. The third-order valence-corrected chi connectivity index (χ3v) is 6.15. The number of carboxylic acids is 2. The highest BCUT2D eigenvalue weighted by atomic mass is 16.5. The van der Waals surface area contributed by atoms with Crippen molar-refractivity contribution < 1.29 is 24.5 Å². The number of aryl methyl sites for hydroxylation is 1. The normalized spacial score (nSPS) is 11.1. The number of nitrogens with one attached hydrogen (secondary N) is 1. The number of carboxylic acid groups (broad SMARTS) is 2. The van der Waals surface area contributed by atoms with Crippen LogP contribution in [-0.2, 0) is 6.42 Å². The molecular weight excluding hydrogens is 442 g/mol. The van der Waals surface area contributed by atoms with Gasteiger partial charge in [0, 0.05) is 16.3 Å². The summed E-state index contributed by atoms with van der Waals surface area (Å²) in [6.07, 6.45) is 1.15. The highest BCUT2D eigenvalue weighted by Gasteiger charge is 2.19. The van der Waals surface area contributed by atoms with Crippen molar-refractivity contribution in [1.29, 1.82) is 0 Å². The lowest BCUT2D eigenvalue weighted by molar-refractivity contribution is 0.0682. The Bertz CT molecular complexity index is 1560. The number of hydrogen-bond donors (Lipinski definition) is 3. The van der Waals surface area contributed by atoms with Crippen molar-refractivity contribution in [3.8, 4) is 16.9 Å². The molecule has 0 aliphatic rings. The van der Waals surface area contributed by atoms with Gasteiger partial charge < -0.3 is 19.9 Å². The van der Waals surface area contributed by atoms with Gasteiger partial charge in [0.2, 0.25) is 0 Å². The number of rotatable bonds is 8. The number of benzene rings is 4. The van der Waals surface area contributed by atoms with E-state index in [1.165, 1.54) is 6.07 Å². The average molecular weight is 466 g/mol. The molecule has 3 N–H and O–H groups in total. The minimum Gasteiger partial charge on any atom is -0.493 e. The first-order valence-corrected chi connectivity index (χ1v) is 11.3. The predicted octanol–water partition coefficient (Wildman–Crippen LogP) is 6.40. The molecule has 0 bridgehead atoms. The van der Waals surface area contributed by atoms with Gasteiger partial charge in [-0.3, -0.25) is 0 Å². The summed E-state index contributed by atoms with van der Waals surface area (Å²) in [6, 6.07) is 26.2. The van der Waals surface area contributed by atoms with Crippen LogP contribution < -0.4 is 4.74 Å². The van der Waals surface area contributed by atoms with Gasteiger partial charge in [0.15, 0.2) is 0 Å². The zero-order valence-electron chi connectivity index (χ0n) is 18.8. The third-order valence-electron chi connectivity index (χ3n) is 6.15. The maximum Gasteiger partial charge on any atom is 0.352 e. The van der Waals surface area contributed by atoms with E-state index in [0.717, 1.165) is 27.5 Å². The Hall–Kier alpha value is -4.58. The van der Waals surface area contributed by atoms with Crippen LogP contribution in [0.5, 0.6) is 5.75 Å². The summed E-state index contributed by atoms with van der Waals surface area (Å²) in [5, 5.41) is 22.2. The summed E-state index contributed by atoms with van der Waals surface area (Å²) in [6.45, 7) is 0.445. The Morgan fingerprint density at radius 2 is 1.54 bits per heavy atom. The monoisotopic (exact) mass is 465 g/mol. The van der Waals surface area contributed by atoms with E-state index in [4.69, 9.17) is 4.74 Å². The molecule has 0 aliphatic carbocycles. The Morgan fingerprint density at radius 1 is 0.800 bits per heavy atom. The summed E-state index contributed by atoms with van der Waals surface area (Å²) < 4.78 is 6.05. The first kappa shape index (κ1) is 22.2. The molecule has 6 nitrogen and oxygen atoms in total. The smallest absolute Gasteiger partial charge is 0.352 e. The second-order valence-electron chi connectivity index (χ2n) is 8.33. The van der Waals surface area contributed by atoms with Crippen molar-refractivity contribution in [2.45, 2.75) is 12.8 Å². The number of fused-ring (bicyclic) bond motifs is 2. The van der Waals surface area contributed by atoms with Crippen LogP contribution in [0.4, 0.5) is 0 Å². The molecule has 0 saturated heterocycles. The number of aromatic carboxylic acids is 2. The van der Waals surface area contributed by atoms with E-state index in [0.29, 0.717) is 36.1 Å². The summed E-state index contributed by atoms with van der Waals surface area (Å²) in [5.41, 5.74) is 3.18. The number of aromatic amines is 1. The van der Waals surface area contributed by atoms with Crippen LogP contribution in [0.15, 0.2) is 84.9 Å². The number of aromatic nitrogens is 1. The lowest BCUT2D eigenvalue weighted by atomic mass is 9.98. The molecule has 0 spiro atoms. The Labute approximate surface area is 201 Å². The highest BCUT2D eigenvalue weighted by molar-refractivity contribution is 6.03. The Balaban J connectivity index is 1.42. The van der Waals surface area contributed by atoms with Gasteiger partial charge in [-0.15, -0.1) is 0 Å². The molecule has 5 aromatic rings. The van der Waals surface area contributed by atoms with E-state index in [-0.39, 0.29) is 11.3 Å². The molecule has 0 unspecified atom stereocenters. The number of hydrogen-bond acceptors (Lipinski definition) is 3. The number of H-pyrrole nitrogens is 1. The second-order valence-corrected chi connectivity index (χ2v) is 8.33. The molecule has 0 radical (unpaired) electrons. The van der Waals surface area contributed by atoms with Crippen LogP contribution in [0.3, 0.4) is 0 Å². The SMILES string of the molecule is O=C(O)c1cccc(-c2cccc3c(CCCOc4cccc5ccccc45)c(C(=O)O)[nH]c23)c1. The van der Waals surface area contributed by atoms with Gasteiger partial charge in [0.25, 0.3) is 0 Å². The van der Waals surface area contributed by atoms with Gasteiger partial charge in [-0.05, 0) is 47.6 Å². The lowest BCUT2D eigenvalue weighted by Gasteiger charge is -2.09. The molecule has 174 valence electrons. The van der Waals surface area contributed by atoms with Crippen LogP contribution in [-0.4, -0.2) is 33.7 Å². The van der Waals surface area contributed by atoms with Crippen molar-refractivity contribution in [1.82, 2.24) is 4.98 Å². The highest BCUT2D eigenvalue weighted by Crippen LogP contribution is 2.33. The van der Waals surface area contributed by atoms with Crippen LogP contribution in [0.25, 0.3) is 32.8 Å². The van der Waals surface area contributed by atoms with E-state index >= 15 is 0 Å². The lowest BCUT2D eigenvalue weighted by Crippen LogP contribution is -2.04. The molecule has 0 fully saturated rings. The van der Waals surface area contributed by atoms with Crippen LogP contribution >= 0.6 is 0 Å². The summed E-state index contributed by atoms with van der Waals surface area (Å²) in [5.74, 6) is -1.24. The zero-order chi connectivity index (χ0) is 24.4. The van der Waals surface area contributed by atoms with Gasteiger partial charge in [-0.2, -0.15) is 0 Å². The summed E-state index contributed by atoms with van der Waals surface area (Å²) >= 11 is 0. The van der Waals surface area contributed by atoms with Crippen LogP contribution in [0, 0.1) is 0 Å². The fourth-order valence-corrected chi connectivity index (χ4v) is 4.53. The van der Waals surface area contributed by atoms with E-state index in [2.05, 4.69) is 4.98 Å². The van der Waals surface area contributed by atoms with E-state index in [1.54, 1.807) is 12.1 Å². The molecule has 35 heavy (non-hydrogen) atoms. The van der Waals surface area contributed by atoms with Crippen molar-refractivity contribution in [3.63, 3.8) is 0 Å². The fourth-order valence-electron chi connectivity index (χ4n) is 4.53. The second kappa shape index (κ2) is 9.35. The van der Waals surface area contributed by atoms with E-state index in [9.17, 15) is 19.8 Å². The van der Waals surface area contributed by atoms with Gasteiger partial charge in [-0.25, -0.2) is 9.59 Å². The molecule has 1 heterocycles. The Morgan fingerprint density at radius 3 is 2.37 bits per heavy atom. The number of para-hydroxylation sites is 1. The third kappa shape index (κ3) is 4.34. The van der Waals surface area contributed by atoms with Crippen molar-refractivity contribution in [2.24, 2.45) is 0 Å². The molecule has 5 rings (SSSR count). The van der Waals surface area contributed by atoms with Crippen LogP contribution in [0.1, 0.15) is 32.8 Å². The standard InChI is InChI=1S/C29H23NO5/c31-28(32)20-10-3-9-19(17-20)22-12-5-13-23-24(27(29(33)34)30-26(22)23)14-6-16-35-25-15-4-8-18-7-1-2-11-21(18)25/h1-5,7-13,15,17,30H,6,14,16H2,(H,31,32)(H,33,34). The quantitative estimate of drug-likeness (QED) is 0.230. The van der Waals surface area contributed by atoms with E-state index in [1.807, 2.05) is 66.7 Å². The zero-order valence-corrected chi connectivity index (χ0v) is 18.8. The van der Waals surface area contributed by atoms with Gasteiger partial charge in [0.1, 0.15) is 11.4 Å². The number of ether oxygens (including phenoxy) is 1. The Kier molecular flexibility index (Phi) is 5.94. The van der Waals surface area contributed by atoms with Crippen LogP contribution in [0.2, 0.25) is 0 Å². The first-order chi connectivity index (χ1) is 17.0.